The van der Waals surface area contributed by atoms with Crippen molar-refractivity contribution in [2.45, 2.75) is 19.8 Å². The Kier molecular flexibility index (Phi) is 6.45. The molecule has 0 fully saturated rings. The van der Waals surface area contributed by atoms with Crippen LogP contribution >= 0.6 is 12.2 Å². The number of rotatable bonds is 4. The highest BCUT2D eigenvalue weighted by atomic mass is 32.1. The van der Waals surface area contributed by atoms with Gasteiger partial charge >= 0.3 is 0 Å². The second kappa shape index (κ2) is 9.19. The number of thiocarbonyl (C=S) groups is 1. The molecule has 0 saturated heterocycles. The van der Waals surface area contributed by atoms with E-state index in [4.69, 9.17) is 0 Å². The molecular formula is C24H17F2NS. The Balaban J connectivity index is 1.83. The number of benzene rings is 3. The summed E-state index contributed by atoms with van der Waals surface area (Å²) in [5.41, 5.74) is 3.58. The lowest BCUT2D eigenvalue weighted by Gasteiger charge is -2.04. The van der Waals surface area contributed by atoms with E-state index in [1.54, 1.807) is 42.5 Å². The van der Waals surface area contributed by atoms with Gasteiger partial charge in [-0.05, 0) is 66.2 Å². The van der Waals surface area contributed by atoms with Crippen molar-refractivity contribution in [1.82, 2.24) is 0 Å². The Bertz CT molecular complexity index is 1100. The van der Waals surface area contributed by atoms with E-state index in [9.17, 15) is 8.78 Å². The number of aryl methyl sites for hydroxylation is 1. The maximum absolute atomic E-state index is 14.5. The minimum Gasteiger partial charge on any atom is -0.206 e. The number of hydrogen-bond donors (Lipinski definition) is 0. The van der Waals surface area contributed by atoms with Gasteiger partial charge in [0.1, 0.15) is 11.6 Å². The summed E-state index contributed by atoms with van der Waals surface area (Å²) in [4.78, 5) is 3.88. The minimum absolute atomic E-state index is 0.305. The molecule has 1 nitrogen and oxygen atoms in total. The smallest absolute Gasteiger partial charge is 0.139 e. The maximum atomic E-state index is 14.5. The largest absolute Gasteiger partial charge is 0.206 e. The molecule has 0 heterocycles. The predicted molar refractivity (Wildman–Crippen MR) is 113 cm³/mol. The van der Waals surface area contributed by atoms with Crippen LogP contribution in [0.3, 0.4) is 0 Å². The molecule has 0 aliphatic rings. The van der Waals surface area contributed by atoms with Crippen molar-refractivity contribution in [3.8, 4) is 23.0 Å². The van der Waals surface area contributed by atoms with Crippen molar-refractivity contribution in [2.24, 2.45) is 4.99 Å². The van der Waals surface area contributed by atoms with Crippen molar-refractivity contribution in [1.29, 1.82) is 0 Å². The van der Waals surface area contributed by atoms with Gasteiger partial charge in [-0.1, -0.05) is 49.5 Å². The van der Waals surface area contributed by atoms with Crippen LogP contribution < -0.4 is 0 Å². The lowest BCUT2D eigenvalue weighted by Crippen LogP contribution is -1.89. The lowest BCUT2D eigenvalue weighted by molar-refractivity contribution is 0.621. The van der Waals surface area contributed by atoms with Crippen molar-refractivity contribution < 1.29 is 8.78 Å². The topological polar surface area (TPSA) is 12.4 Å². The normalized spacial score (nSPS) is 9.96. The second-order valence-electron chi connectivity index (χ2n) is 6.26. The van der Waals surface area contributed by atoms with Crippen molar-refractivity contribution in [2.75, 3.05) is 0 Å². The molecule has 3 aromatic rings. The van der Waals surface area contributed by atoms with E-state index < -0.39 is 5.82 Å². The summed E-state index contributed by atoms with van der Waals surface area (Å²) in [5, 5.41) is 2.30. The van der Waals surface area contributed by atoms with Crippen molar-refractivity contribution >= 4 is 23.1 Å². The molecule has 4 heteroatoms. The zero-order valence-electron chi connectivity index (χ0n) is 15.3. The molecule has 0 spiro atoms. The predicted octanol–water partition coefficient (Wildman–Crippen LogP) is 6.72. The van der Waals surface area contributed by atoms with Crippen LogP contribution in [0.2, 0.25) is 0 Å². The summed E-state index contributed by atoms with van der Waals surface area (Å²) >= 11 is 4.57. The molecule has 0 bridgehead atoms. The Labute approximate surface area is 168 Å². The molecule has 28 heavy (non-hydrogen) atoms. The summed E-state index contributed by atoms with van der Waals surface area (Å²) in [5.74, 6) is 4.88. The molecule has 0 aromatic heterocycles. The van der Waals surface area contributed by atoms with Crippen LogP contribution in [0, 0.1) is 23.5 Å². The summed E-state index contributed by atoms with van der Waals surface area (Å²) < 4.78 is 28.7. The molecule has 3 rings (SSSR count). The van der Waals surface area contributed by atoms with Gasteiger partial charge in [0, 0.05) is 11.1 Å². The third-order valence-electron chi connectivity index (χ3n) is 4.24. The summed E-state index contributed by atoms with van der Waals surface area (Å²) in [6, 6.07) is 16.8. The van der Waals surface area contributed by atoms with Crippen LogP contribution in [0.1, 0.15) is 30.0 Å². The number of halogens is 2. The minimum atomic E-state index is -0.392. The Morgan fingerprint density at radius 2 is 1.68 bits per heavy atom. The Morgan fingerprint density at radius 1 is 0.893 bits per heavy atom. The van der Waals surface area contributed by atoms with E-state index in [1.165, 1.54) is 12.1 Å². The van der Waals surface area contributed by atoms with Gasteiger partial charge in [0.05, 0.1) is 16.4 Å². The first kappa shape index (κ1) is 19.6. The van der Waals surface area contributed by atoms with Crippen LogP contribution in [0.4, 0.5) is 14.5 Å². The van der Waals surface area contributed by atoms with Gasteiger partial charge in [-0.15, -0.1) is 0 Å². The zero-order chi connectivity index (χ0) is 19.9. The third-order valence-corrected chi connectivity index (χ3v) is 4.33. The van der Waals surface area contributed by atoms with Gasteiger partial charge < -0.3 is 0 Å². The molecule has 138 valence electrons. The summed E-state index contributed by atoms with van der Waals surface area (Å²) in [6.07, 6.45) is 1.79. The van der Waals surface area contributed by atoms with Crippen LogP contribution in [0.15, 0.2) is 65.7 Å². The molecule has 0 unspecified atom stereocenters. The summed E-state index contributed by atoms with van der Waals surface area (Å²) in [7, 11) is 0. The number of aliphatic imine (C=N–C) groups is 1. The van der Waals surface area contributed by atoms with Gasteiger partial charge in [-0.3, -0.25) is 0 Å². The number of hydrogen-bond acceptors (Lipinski definition) is 2. The van der Waals surface area contributed by atoms with Crippen LogP contribution in [-0.4, -0.2) is 5.16 Å². The average Bonchev–Trinajstić information content (AvgIpc) is 2.69. The monoisotopic (exact) mass is 389 g/mol. The Hall–Kier alpha value is -3.12. The highest BCUT2D eigenvalue weighted by Crippen LogP contribution is 2.25. The highest BCUT2D eigenvalue weighted by molar-refractivity contribution is 7.78. The third kappa shape index (κ3) is 4.78. The molecule has 0 radical (unpaired) electrons. The first-order valence-corrected chi connectivity index (χ1v) is 9.30. The lowest BCUT2D eigenvalue weighted by atomic mass is 10.0. The van der Waals surface area contributed by atoms with E-state index in [1.807, 2.05) is 13.0 Å². The van der Waals surface area contributed by atoms with Crippen LogP contribution in [-0.2, 0) is 6.42 Å². The van der Waals surface area contributed by atoms with Crippen molar-refractivity contribution in [3.05, 3.63) is 89.0 Å². The zero-order valence-corrected chi connectivity index (χ0v) is 16.1. The molecule has 0 aliphatic heterocycles. The fourth-order valence-corrected chi connectivity index (χ4v) is 2.94. The number of isothiocyanates is 1. The van der Waals surface area contributed by atoms with Crippen molar-refractivity contribution in [3.63, 3.8) is 0 Å². The van der Waals surface area contributed by atoms with E-state index in [0.717, 1.165) is 24.0 Å². The fraction of sp³-hybridized carbons (Fsp3) is 0.125. The second-order valence-corrected chi connectivity index (χ2v) is 6.44. The van der Waals surface area contributed by atoms with Crippen LogP contribution in [0.25, 0.3) is 11.1 Å². The van der Waals surface area contributed by atoms with E-state index in [-0.39, 0.29) is 5.82 Å². The molecule has 0 saturated carbocycles. The van der Waals surface area contributed by atoms with Gasteiger partial charge in [0.15, 0.2) is 0 Å². The molecule has 0 N–H and O–H groups in total. The molecule has 0 aliphatic carbocycles. The molecule has 0 atom stereocenters. The van der Waals surface area contributed by atoms with Gasteiger partial charge in [-0.25, -0.2) is 8.78 Å². The first-order valence-electron chi connectivity index (χ1n) is 8.89. The summed E-state index contributed by atoms with van der Waals surface area (Å²) in [6.45, 7) is 2.05. The highest BCUT2D eigenvalue weighted by Gasteiger charge is 2.06. The first-order chi connectivity index (χ1) is 13.6. The molecular weight excluding hydrogens is 372 g/mol. The van der Waals surface area contributed by atoms with E-state index in [0.29, 0.717) is 22.4 Å². The Morgan fingerprint density at radius 3 is 2.32 bits per heavy atom. The quantitative estimate of drug-likeness (QED) is 0.274. The SMILES string of the molecule is CCCc1ccc(C#Cc2ccc(-c3ccc(N=C=S)cc3)c(F)c2)c(F)c1. The van der Waals surface area contributed by atoms with Gasteiger partial charge in [0.2, 0.25) is 0 Å². The molecule has 0 amide bonds. The average molecular weight is 389 g/mol. The van der Waals surface area contributed by atoms with E-state index >= 15 is 0 Å². The van der Waals surface area contributed by atoms with Gasteiger partial charge in [-0.2, -0.15) is 4.99 Å². The molecule has 3 aromatic carbocycles. The maximum Gasteiger partial charge on any atom is 0.139 e. The van der Waals surface area contributed by atoms with Crippen LogP contribution in [0.5, 0.6) is 0 Å². The number of nitrogens with zero attached hydrogens (tertiary/aromatic N) is 1. The van der Waals surface area contributed by atoms with Gasteiger partial charge in [0.25, 0.3) is 0 Å². The van der Waals surface area contributed by atoms with E-state index in [2.05, 4.69) is 34.2 Å². The standard InChI is InChI=1S/C24H17F2NS/c1-2-3-17-4-7-20(23(25)14-17)8-5-18-6-13-22(24(26)15-18)19-9-11-21(12-10-19)27-16-28/h4,6-7,9-15H,2-3H2,1H3. The fourth-order valence-electron chi connectivity index (χ4n) is 2.84.